The van der Waals surface area contributed by atoms with Gasteiger partial charge >= 0.3 is 154 Å². The van der Waals surface area contributed by atoms with Crippen molar-refractivity contribution in [3.05, 3.63) is 64.8 Å². The predicted octanol–water partition coefficient (Wildman–Crippen LogP) is 4.34. The first-order valence-electron chi connectivity index (χ1n) is 8.33. The zero-order valence-corrected chi connectivity index (χ0v) is 16.6. The van der Waals surface area contributed by atoms with Gasteiger partial charge in [0.2, 0.25) is 0 Å². The van der Waals surface area contributed by atoms with Crippen molar-refractivity contribution in [1.82, 2.24) is 0 Å². The molecule has 25 heavy (non-hydrogen) atoms. The first-order chi connectivity index (χ1) is 12.0. The number of fused-ring (bicyclic) bond motifs is 3. The molecule has 0 amide bonds. The van der Waals surface area contributed by atoms with Crippen LogP contribution in [-0.4, -0.2) is 14.5 Å². The molecule has 0 fully saturated rings. The van der Waals surface area contributed by atoms with Gasteiger partial charge in [0.05, 0.1) is 0 Å². The molecule has 0 aliphatic rings. The summed E-state index contributed by atoms with van der Waals surface area (Å²) in [6.45, 7) is 6.52. The summed E-state index contributed by atoms with van der Waals surface area (Å²) in [6.07, 6.45) is 0. The van der Waals surface area contributed by atoms with Crippen LogP contribution in [0.15, 0.2) is 42.5 Å². The summed E-state index contributed by atoms with van der Waals surface area (Å²) in [5, 5.41) is 11.8. The van der Waals surface area contributed by atoms with Gasteiger partial charge in [0.15, 0.2) is 0 Å². The maximum absolute atomic E-state index is 9.24. The monoisotopic (exact) mass is 391 g/mol. The normalized spacial score (nSPS) is 11.2. The molecule has 2 aromatic carbocycles. The summed E-state index contributed by atoms with van der Waals surface area (Å²) in [7, 11) is 2.14. The van der Waals surface area contributed by atoms with Crippen LogP contribution in [0.5, 0.6) is 0 Å². The van der Waals surface area contributed by atoms with Crippen LogP contribution in [0.3, 0.4) is 0 Å². The Morgan fingerprint density at radius 1 is 0.960 bits per heavy atom. The van der Waals surface area contributed by atoms with Gasteiger partial charge < -0.3 is 0 Å². The molecule has 0 aliphatic carbocycles. The van der Waals surface area contributed by atoms with Crippen LogP contribution in [0.1, 0.15) is 22.4 Å². The maximum atomic E-state index is 9.24. The average Bonchev–Trinajstić information content (AvgIpc) is 2.95. The zero-order chi connectivity index (χ0) is 17.7. The second kappa shape index (κ2) is 5.84. The fraction of sp³-hybridized carbons (Fsp3) is 0.182. The Balaban J connectivity index is 2.15. The quantitative estimate of drug-likeness (QED) is 0.351. The molecule has 0 saturated heterocycles. The number of benzene rings is 2. The fourth-order valence-corrected chi connectivity index (χ4v) is 6.24. The number of aryl methyl sites for hydroxylation is 3. The number of nitriles is 1. The molecule has 0 atom stereocenters. The minimum atomic E-state index is 0.269. The zero-order valence-electron chi connectivity index (χ0n) is 14.8. The van der Waals surface area contributed by atoms with Gasteiger partial charge in [-0.3, -0.25) is 0 Å². The van der Waals surface area contributed by atoms with E-state index >= 15 is 0 Å². The van der Waals surface area contributed by atoms with Crippen LogP contribution in [0.25, 0.3) is 30.6 Å². The van der Waals surface area contributed by atoms with Crippen molar-refractivity contribution in [1.29, 1.82) is 5.26 Å². The molecule has 2 aromatic heterocycles. The number of hydrogen-bond donors (Lipinski definition) is 0. The van der Waals surface area contributed by atoms with Crippen LogP contribution in [0.4, 0.5) is 0 Å². The van der Waals surface area contributed by atoms with E-state index in [2.05, 4.69) is 68.8 Å². The van der Waals surface area contributed by atoms with Gasteiger partial charge in [0.25, 0.3) is 0 Å². The van der Waals surface area contributed by atoms with E-state index in [4.69, 9.17) is 0 Å². The van der Waals surface area contributed by atoms with Crippen molar-refractivity contribution in [2.75, 3.05) is 0 Å². The van der Waals surface area contributed by atoms with Gasteiger partial charge in [-0.2, -0.15) is 0 Å². The molecule has 0 unspecified atom stereocenters. The molecule has 4 aromatic rings. The molecule has 0 bridgehead atoms. The molecule has 0 radical (unpaired) electrons. The molecule has 2 heterocycles. The summed E-state index contributed by atoms with van der Waals surface area (Å²) in [4.78, 5) is 0. The van der Waals surface area contributed by atoms with Crippen molar-refractivity contribution >= 4 is 33.8 Å². The van der Waals surface area contributed by atoms with Crippen LogP contribution in [0, 0.1) is 32.1 Å². The van der Waals surface area contributed by atoms with E-state index in [1.54, 1.807) is 0 Å². The number of rotatable bonds is 1. The van der Waals surface area contributed by atoms with E-state index in [-0.39, 0.29) is 14.5 Å². The van der Waals surface area contributed by atoms with E-state index in [0.29, 0.717) is 0 Å². The third-order valence-electron chi connectivity index (χ3n) is 4.92. The number of pyridine rings is 1. The van der Waals surface area contributed by atoms with Crippen LogP contribution >= 0.6 is 0 Å². The van der Waals surface area contributed by atoms with Crippen molar-refractivity contribution in [2.45, 2.75) is 20.8 Å². The van der Waals surface area contributed by atoms with E-state index < -0.39 is 0 Å². The summed E-state index contributed by atoms with van der Waals surface area (Å²) < 4.78 is 5.11. The molecule has 0 spiro atoms. The average molecular weight is 390 g/mol. The number of aromatic nitrogens is 1. The van der Waals surface area contributed by atoms with Crippen molar-refractivity contribution in [2.24, 2.45) is 7.05 Å². The second-order valence-electron chi connectivity index (χ2n) is 6.68. The number of nitrogens with zero attached hydrogens (tertiary/aromatic N) is 2. The van der Waals surface area contributed by atoms with Crippen LogP contribution < -0.4 is 4.57 Å². The van der Waals surface area contributed by atoms with E-state index in [0.717, 1.165) is 5.56 Å². The molecule has 3 heteroatoms. The Kier molecular flexibility index (Phi) is 3.76. The van der Waals surface area contributed by atoms with Crippen molar-refractivity contribution < 1.29 is 4.57 Å². The van der Waals surface area contributed by atoms with Gasteiger partial charge in [-0.1, -0.05) is 0 Å². The molecule has 0 N–H and O–H groups in total. The van der Waals surface area contributed by atoms with E-state index in [1.807, 2.05) is 12.1 Å². The van der Waals surface area contributed by atoms with Gasteiger partial charge in [-0.25, -0.2) is 0 Å². The SMILES string of the molecule is Cc1cc(C)[n+](C)c(-c2c(C)ccc3c2[se]c2ccc(C#N)cc23)c1. The molecule has 122 valence electrons. The van der Waals surface area contributed by atoms with Crippen molar-refractivity contribution in [3.8, 4) is 17.3 Å². The van der Waals surface area contributed by atoms with E-state index in [1.165, 1.54) is 47.4 Å². The Hall–Kier alpha value is -2.40. The molecule has 0 aliphatic heterocycles. The Bertz CT molecular complexity index is 1190. The summed E-state index contributed by atoms with van der Waals surface area (Å²) >= 11 is 0.269. The first kappa shape index (κ1) is 16.1. The molecule has 4 rings (SSSR count). The van der Waals surface area contributed by atoms with Gasteiger partial charge in [0.1, 0.15) is 0 Å². The third-order valence-corrected chi connectivity index (χ3v) is 7.45. The van der Waals surface area contributed by atoms with Gasteiger partial charge in [0, 0.05) is 0 Å². The molecule has 0 saturated carbocycles. The fourth-order valence-electron chi connectivity index (χ4n) is 3.54. The van der Waals surface area contributed by atoms with Gasteiger partial charge in [-0.05, 0) is 0 Å². The summed E-state index contributed by atoms with van der Waals surface area (Å²) in [6, 6.07) is 17.3. The molecule has 2 nitrogen and oxygen atoms in total. The second-order valence-corrected chi connectivity index (χ2v) is 8.88. The Morgan fingerprint density at radius 2 is 1.76 bits per heavy atom. The topological polar surface area (TPSA) is 27.7 Å². The third kappa shape index (κ3) is 2.50. The minimum absolute atomic E-state index is 0.269. The Labute approximate surface area is 153 Å². The first-order valence-corrected chi connectivity index (χ1v) is 10.0. The number of hydrogen-bond acceptors (Lipinski definition) is 1. The standard InChI is InChI=1S/C22H19N2Se/c1-13-9-15(3)24(4)19(10-13)21-14(2)5-7-17-18-11-16(12-23)6-8-20(18)25-22(17)21/h5-11H,1-4H3/q+1. The Morgan fingerprint density at radius 3 is 2.52 bits per heavy atom. The molecular formula is C22H19N2Se+. The molecular weight excluding hydrogens is 371 g/mol. The van der Waals surface area contributed by atoms with Gasteiger partial charge in [-0.15, -0.1) is 0 Å². The van der Waals surface area contributed by atoms with E-state index in [9.17, 15) is 5.26 Å². The summed E-state index contributed by atoms with van der Waals surface area (Å²) in [5.41, 5.74) is 7.25. The summed E-state index contributed by atoms with van der Waals surface area (Å²) in [5.74, 6) is 0. The van der Waals surface area contributed by atoms with Crippen LogP contribution in [0.2, 0.25) is 0 Å². The predicted molar refractivity (Wildman–Crippen MR) is 104 cm³/mol. The van der Waals surface area contributed by atoms with Crippen molar-refractivity contribution in [3.63, 3.8) is 0 Å². The van der Waals surface area contributed by atoms with Crippen LogP contribution in [-0.2, 0) is 7.05 Å².